The fraction of sp³-hybridized carbons (Fsp3) is 0.526. The summed E-state index contributed by atoms with van der Waals surface area (Å²) in [5.41, 5.74) is 7.66. The Labute approximate surface area is 162 Å². The highest BCUT2D eigenvalue weighted by molar-refractivity contribution is 6.02. The first kappa shape index (κ1) is 20.1. The van der Waals surface area contributed by atoms with Crippen LogP contribution in [-0.4, -0.2) is 59.3 Å². The molecular formula is C19H26FN5O3. The van der Waals surface area contributed by atoms with E-state index in [-0.39, 0.29) is 18.2 Å². The van der Waals surface area contributed by atoms with Gasteiger partial charge in [-0.15, -0.1) is 0 Å². The summed E-state index contributed by atoms with van der Waals surface area (Å²) in [6.45, 7) is 0.375. The second-order valence-corrected chi connectivity index (χ2v) is 7.31. The number of carbonyl (C=O) groups is 2. The van der Waals surface area contributed by atoms with Crippen LogP contribution in [0.4, 0.5) is 15.8 Å². The monoisotopic (exact) mass is 391 g/mol. The molecule has 152 valence electrons. The molecule has 0 bridgehead atoms. The van der Waals surface area contributed by atoms with Gasteiger partial charge >= 0.3 is 0 Å². The van der Waals surface area contributed by atoms with E-state index >= 15 is 0 Å². The molecule has 28 heavy (non-hydrogen) atoms. The van der Waals surface area contributed by atoms with Crippen molar-refractivity contribution < 1.29 is 19.1 Å². The predicted molar refractivity (Wildman–Crippen MR) is 104 cm³/mol. The molecule has 1 aliphatic rings. The second-order valence-electron chi connectivity index (χ2n) is 7.31. The van der Waals surface area contributed by atoms with Gasteiger partial charge in [0.05, 0.1) is 47.5 Å². The number of alkyl halides is 1. The normalized spacial score (nSPS) is 20.2. The largest absolute Gasteiger partial charge is 0.396 e. The first-order valence-corrected chi connectivity index (χ1v) is 9.43. The number of anilines is 2. The van der Waals surface area contributed by atoms with E-state index in [1.807, 2.05) is 18.0 Å². The summed E-state index contributed by atoms with van der Waals surface area (Å²) in [6, 6.07) is 1.48. The lowest BCUT2D eigenvalue weighted by Crippen LogP contribution is -2.27. The number of hydrogen-bond donors (Lipinski definition) is 3. The van der Waals surface area contributed by atoms with Crippen LogP contribution in [0.2, 0.25) is 0 Å². The number of rotatable bonds is 9. The maximum absolute atomic E-state index is 14.1. The van der Waals surface area contributed by atoms with Crippen molar-refractivity contribution >= 4 is 29.1 Å². The number of nitrogens with two attached hydrogens (primary N) is 1. The van der Waals surface area contributed by atoms with Crippen molar-refractivity contribution in [2.75, 3.05) is 30.4 Å². The summed E-state index contributed by atoms with van der Waals surface area (Å²) in [6.07, 6.45) is 5.47. The molecule has 8 nitrogen and oxygen atoms in total. The van der Waals surface area contributed by atoms with Gasteiger partial charge in [-0.2, -0.15) is 5.10 Å². The number of carbonyl (C=O) groups excluding carboxylic acids is 2. The minimum absolute atomic E-state index is 0.182. The molecular weight excluding hydrogens is 365 g/mol. The topological polar surface area (TPSA) is 113 Å². The van der Waals surface area contributed by atoms with Crippen molar-refractivity contribution in [3.05, 3.63) is 24.0 Å². The lowest BCUT2D eigenvalue weighted by Gasteiger charge is -2.19. The molecule has 1 aliphatic carbocycles. The number of aldehydes is 1. The van der Waals surface area contributed by atoms with Crippen LogP contribution in [0.1, 0.15) is 36.0 Å². The quantitative estimate of drug-likeness (QED) is 0.557. The highest BCUT2D eigenvalue weighted by Gasteiger charge is 2.29. The maximum atomic E-state index is 14.1. The molecule has 1 amide bonds. The molecule has 0 spiro atoms. The van der Waals surface area contributed by atoms with Crippen LogP contribution in [0.15, 0.2) is 18.5 Å². The number of amides is 1. The van der Waals surface area contributed by atoms with Gasteiger partial charge < -0.3 is 25.9 Å². The second kappa shape index (κ2) is 8.55. The summed E-state index contributed by atoms with van der Waals surface area (Å²) in [5, 5.41) is 16.6. The average Bonchev–Trinajstić information content (AvgIpc) is 3.29. The molecule has 3 atom stereocenters. The fourth-order valence-corrected chi connectivity index (χ4v) is 3.54. The predicted octanol–water partition coefficient (Wildman–Crippen LogP) is 1.37. The van der Waals surface area contributed by atoms with Crippen molar-refractivity contribution in [1.29, 1.82) is 0 Å². The number of fused-ring (bicyclic) bond motifs is 1. The first-order chi connectivity index (χ1) is 13.4. The van der Waals surface area contributed by atoms with Gasteiger partial charge in [-0.3, -0.25) is 4.79 Å². The summed E-state index contributed by atoms with van der Waals surface area (Å²) >= 11 is 0. The first-order valence-electron chi connectivity index (χ1n) is 9.43. The smallest absolute Gasteiger partial charge is 0.252 e. The standard InChI is InChI=1S/C19H26FN5O3/c1-24(6-5-12(10-26)11-27)13-7-17-18(23-16-4-2-3-15(16)20)14(19(21)28)8-22-25(17)9-13/h7-10,12,15-16,23,27H,2-6,11H2,1H3,(H2,21,28)/t12?,15-,16+/m0/s1. The van der Waals surface area contributed by atoms with Crippen LogP contribution in [0.3, 0.4) is 0 Å². The van der Waals surface area contributed by atoms with Crippen LogP contribution >= 0.6 is 0 Å². The van der Waals surface area contributed by atoms with Gasteiger partial charge in [0.1, 0.15) is 12.5 Å². The van der Waals surface area contributed by atoms with E-state index in [0.717, 1.165) is 18.4 Å². The third kappa shape index (κ3) is 4.09. The summed E-state index contributed by atoms with van der Waals surface area (Å²) < 4.78 is 15.7. The van der Waals surface area contributed by atoms with Gasteiger partial charge in [0.2, 0.25) is 0 Å². The van der Waals surface area contributed by atoms with Crippen LogP contribution in [0, 0.1) is 5.92 Å². The number of aliphatic hydroxyl groups is 1. The van der Waals surface area contributed by atoms with Crippen molar-refractivity contribution in [3.8, 4) is 0 Å². The summed E-state index contributed by atoms with van der Waals surface area (Å²) in [7, 11) is 1.87. The van der Waals surface area contributed by atoms with E-state index in [4.69, 9.17) is 10.8 Å². The number of aliphatic hydroxyl groups excluding tert-OH is 1. The number of halogens is 1. The van der Waals surface area contributed by atoms with Crippen LogP contribution < -0.4 is 16.0 Å². The van der Waals surface area contributed by atoms with Crippen molar-refractivity contribution in [3.63, 3.8) is 0 Å². The van der Waals surface area contributed by atoms with E-state index in [1.54, 1.807) is 10.7 Å². The average molecular weight is 391 g/mol. The molecule has 0 aromatic carbocycles. The zero-order chi connectivity index (χ0) is 20.3. The molecule has 0 aliphatic heterocycles. The zero-order valence-electron chi connectivity index (χ0n) is 15.8. The van der Waals surface area contributed by atoms with Gasteiger partial charge in [0.25, 0.3) is 5.91 Å². The SMILES string of the molecule is CN(CCC(C=O)CO)c1cc2c(N[C@@H]3CCC[C@@H]3F)c(C(N)=O)cnn2c1. The van der Waals surface area contributed by atoms with Crippen LogP contribution in [0.5, 0.6) is 0 Å². The Morgan fingerprint density at radius 2 is 2.36 bits per heavy atom. The number of nitrogens with zero attached hydrogens (tertiary/aromatic N) is 3. The lowest BCUT2D eigenvalue weighted by atomic mass is 10.1. The van der Waals surface area contributed by atoms with E-state index in [2.05, 4.69) is 10.4 Å². The number of nitrogens with one attached hydrogen (secondary N) is 1. The molecule has 9 heteroatoms. The Kier molecular flexibility index (Phi) is 6.13. The summed E-state index contributed by atoms with van der Waals surface area (Å²) in [5.74, 6) is -1.03. The van der Waals surface area contributed by atoms with E-state index in [1.165, 1.54) is 6.20 Å². The number of hydrogen-bond acceptors (Lipinski definition) is 6. The molecule has 0 saturated heterocycles. The van der Waals surface area contributed by atoms with E-state index in [9.17, 15) is 14.0 Å². The Hall–Kier alpha value is -2.68. The maximum Gasteiger partial charge on any atom is 0.252 e. The molecule has 2 aromatic heterocycles. The molecule has 2 heterocycles. The Balaban J connectivity index is 1.90. The zero-order valence-corrected chi connectivity index (χ0v) is 15.8. The van der Waals surface area contributed by atoms with Crippen molar-refractivity contribution in [2.45, 2.75) is 37.9 Å². The van der Waals surface area contributed by atoms with Gasteiger partial charge in [0, 0.05) is 19.5 Å². The third-order valence-corrected chi connectivity index (χ3v) is 5.35. The van der Waals surface area contributed by atoms with Gasteiger partial charge in [-0.25, -0.2) is 8.91 Å². The van der Waals surface area contributed by atoms with Gasteiger partial charge in [-0.05, 0) is 31.7 Å². The van der Waals surface area contributed by atoms with Crippen molar-refractivity contribution in [2.24, 2.45) is 11.7 Å². The molecule has 2 aromatic rings. The van der Waals surface area contributed by atoms with Crippen LogP contribution in [0.25, 0.3) is 5.52 Å². The number of aromatic nitrogens is 2. The Morgan fingerprint density at radius 3 is 2.96 bits per heavy atom. The number of primary amides is 1. The summed E-state index contributed by atoms with van der Waals surface area (Å²) in [4.78, 5) is 24.7. The van der Waals surface area contributed by atoms with E-state index in [0.29, 0.717) is 37.0 Å². The van der Waals surface area contributed by atoms with Crippen molar-refractivity contribution in [1.82, 2.24) is 9.61 Å². The third-order valence-electron chi connectivity index (χ3n) is 5.35. The highest BCUT2D eigenvalue weighted by Crippen LogP contribution is 2.31. The fourth-order valence-electron chi connectivity index (χ4n) is 3.54. The minimum atomic E-state index is -0.968. The Morgan fingerprint density at radius 1 is 1.57 bits per heavy atom. The molecule has 3 rings (SSSR count). The molecule has 0 radical (unpaired) electrons. The Bertz CT molecular complexity index is 855. The molecule has 1 fully saturated rings. The van der Waals surface area contributed by atoms with Crippen LogP contribution in [-0.2, 0) is 4.79 Å². The highest BCUT2D eigenvalue weighted by atomic mass is 19.1. The minimum Gasteiger partial charge on any atom is -0.396 e. The lowest BCUT2D eigenvalue weighted by molar-refractivity contribution is -0.112. The van der Waals surface area contributed by atoms with Gasteiger partial charge in [0.15, 0.2) is 0 Å². The van der Waals surface area contributed by atoms with Gasteiger partial charge in [-0.1, -0.05) is 0 Å². The molecule has 1 unspecified atom stereocenters. The molecule has 4 N–H and O–H groups in total. The molecule has 1 saturated carbocycles. The van der Waals surface area contributed by atoms with E-state index < -0.39 is 18.0 Å².